The van der Waals surface area contributed by atoms with E-state index in [9.17, 15) is 5.11 Å². The van der Waals surface area contributed by atoms with Gasteiger partial charge in [-0.1, -0.05) is 26.0 Å². The summed E-state index contributed by atoms with van der Waals surface area (Å²) in [6.45, 7) is 5.20. The van der Waals surface area contributed by atoms with Crippen LogP contribution in [0.3, 0.4) is 0 Å². The molecule has 0 saturated carbocycles. The molecule has 0 radical (unpaired) electrons. The van der Waals surface area contributed by atoms with Gasteiger partial charge < -0.3 is 14.8 Å². The predicted octanol–water partition coefficient (Wildman–Crippen LogP) is 3.55. The van der Waals surface area contributed by atoms with E-state index >= 15 is 0 Å². The van der Waals surface area contributed by atoms with Gasteiger partial charge in [0.25, 0.3) is 0 Å². The van der Waals surface area contributed by atoms with Crippen molar-refractivity contribution in [2.45, 2.75) is 26.7 Å². The monoisotopic (exact) mass is 274 g/mol. The van der Waals surface area contributed by atoms with E-state index in [0.29, 0.717) is 0 Å². The molecule has 108 valence electrons. The summed E-state index contributed by atoms with van der Waals surface area (Å²) >= 11 is 0. The second-order valence-electron chi connectivity index (χ2n) is 5.17. The van der Waals surface area contributed by atoms with Gasteiger partial charge in [0.2, 0.25) is 0 Å². The van der Waals surface area contributed by atoms with E-state index in [1.54, 1.807) is 6.20 Å². The number of benzene rings is 1. The molecular formula is C16H22N2O2. The topological polar surface area (TPSA) is 58.3 Å². The smallest absolute Gasteiger partial charge is 0.181 e. The first kappa shape index (κ1) is 14.6. The van der Waals surface area contributed by atoms with E-state index in [-0.39, 0.29) is 12.0 Å². The van der Waals surface area contributed by atoms with Crippen LogP contribution in [0.25, 0.3) is 11.3 Å². The lowest BCUT2D eigenvalue weighted by Crippen LogP contribution is -2.32. The molecule has 1 aromatic carbocycles. The third-order valence-electron chi connectivity index (χ3n) is 4.08. The van der Waals surface area contributed by atoms with Crippen LogP contribution in [0.5, 0.6) is 0 Å². The molecule has 0 atom stereocenters. The molecular weight excluding hydrogens is 252 g/mol. The molecule has 1 aromatic heterocycles. The maximum Gasteiger partial charge on any atom is 0.181 e. The minimum atomic E-state index is -0.0533. The van der Waals surface area contributed by atoms with Crippen molar-refractivity contribution in [1.29, 1.82) is 0 Å². The van der Waals surface area contributed by atoms with Gasteiger partial charge in [0.15, 0.2) is 12.2 Å². The number of aliphatic hydroxyl groups is 1. The molecule has 0 aliphatic carbocycles. The Kier molecular flexibility index (Phi) is 4.79. The van der Waals surface area contributed by atoms with E-state index in [2.05, 4.69) is 24.1 Å². The highest BCUT2D eigenvalue weighted by Crippen LogP contribution is 2.27. The van der Waals surface area contributed by atoms with Crippen LogP contribution >= 0.6 is 0 Å². The lowest BCUT2D eigenvalue weighted by Gasteiger charge is -2.30. The number of anilines is 1. The van der Waals surface area contributed by atoms with E-state index in [1.807, 2.05) is 24.3 Å². The van der Waals surface area contributed by atoms with Crippen molar-refractivity contribution in [3.8, 4) is 11.3 Å². The Balaban J connectivity index is 2.09. The zero-order chi connectivity index (χ0) is 14.4. The average molecular weight is 274 g/mol. The summed E-state index contributed by atoms with van der Waals surface area (Å²) in [7, 11) is 0. The summed E-state index contributed by atoms with van der Waals surface area (Å²) in [4.78, 5) is 3.93. The molecule has 0 aliphatic rings. The largest absolute Gasteiger partial charge is 0.444 e. The molecule has 20 heavy (non-hydrogen) atoms. The lowest BCUT2D eigenvalue weighted by molar-refractivity contribution is 0.127. The normalized spacial score (nSPS) is 11.6. The van der Waals surface area contributed by atoms with E-state index < -0.39 is 0 Å². The summed E-state index contributed by atoms with van der Waals surface area (Å²) in [6, 6.07) is 8.03. The number of hydrogen-bond donors (Lipinski definition) is 2. The van der Waals surface area contributed by atoms with Crippen LogP contribution < -0.4 is 5.32 Å². The molecule has 4 nitrogen and oxygen atoms in total. The Labute approximate surface area is 119 Å². The molecule has 0 fully saturated rings. The molecule has 0 spiro atoms. The van der Waals surface area contributed by atoms with Crippen LogP contribution in [0.4, 0.5) is 5.69 Å². The predicted molar refractivity (Wildman–Crippen MR) is 80.5 cm³/mol. The second-order valence-corrected chi connectivity index (χ2v) is 5.17. The highest BCUT2D eigenvalue weighted by molar-refractivity contribution is 5.63. The molecule has 0 aliphatic heterocycles. The van der Waals surface area contributed by atoms with Gasteiger partial charge in [-0.05, 0) is 25.0 Å². The standard InChI is InChI=1S/C16H22N2O2/c1-3-16(4-2,11-19)10-18-14-7-5-6-13(8-14)15-9-17-12-20-15/h5-9,12,18-19H,3-4,10-11H2,1-2H3. The van der Waals surface area contributed by atoms with Crippen LogP contribution in [-0.4, -0.2) is 23.2 Å². The summed E-state index contributed by atoms with van der Waals surface area (Å²) in [5, 5.41) is 13.0. The number of nitrogens with one attached hydrogen (secondary N) is 1. The SMILES string of the molecule is CCC(CC)(CO)CNc1cccc(-c2cnco2)c1. The highest BCUT2D eigenvalue weighted by Gasteiger charge is 2.24. The fourth-order valence-corrected chi connectivity index (χ4v) is 2.21. The van der Waals surface area contributed by atoms with Crippen LogP contribution in [-0.2, 0) is 0 Å². The first-order valence-electron chi connectivity index (χ1n) is 7.06. The van der Waals surface area contributed by atoms with Crippen LogP contribution in [0, 0.1) is 5.41 Å². The maximum absolute atomic E-state index is 9.60. The van der Waals surface area contributed by atoms with Crippen LogP contribution in [0.1, 0.15) is 26.7 Å². The zero-order valence-electron chi connectivity index (χ0n) is 12.1. The Hall–Kier alpha value is -1.81. The second kappa shape index (κ2) is 6.57. The zero-order valence-corrected chi connectivity index (χ0v) is 12.1. The third-order valence-corrected chi connectivity index (χ3v) is 4.08. The van der Waals surface area contributed by atoms with Gasteiger partial charge >= 0.3 is 0 Å². The number of aliphatic hydroxyl groups excluding tert-OH is 1. The summed E-state index contributed by atoms with van der Waals surface area (Å²) < 4.78 is 5.30. The van der Waals surface area contributed by atoms with Crippen molar-refractivity contribution in [2.75, 3.05) is 18.5 Å². The highest BCUT2D eigenvalue weighted by atomic mass is 16.3. The van der Waals surface area contributed by atoms with Crippen molar-refractivity contribution < 1.29 is 9.52 Å². The molecule has 2 rings (SSSR count). The number of rotatable bonds is 7. The molecule has 2 N–H and O–H groups in total. The third kappa shape index (κ3) is 3.20. The maximum atomic E-state index is 9.60. The molecule has 0 saturated heterocycles. The number of oxazole rings is 1. The molecule has 4 heteroatoms. The first-order valence-corrected chi connectivity index (χ1v) is 7.06. The Bertz CT molecular complexity index is 511. The van der Waals surface area contributed by atoms with Crippen molar-refractivity contribution in [1.82, 2.24) is 4.98 Å². The van der Waals surface area contributed by atoms with Gasteiger partial charge in [-0.2, -0.15) is 0 Å². The minimum Gasteiger partial charge on any atom is -0.444 e. The van der Waals surface area contributed by atoms with E-state index in [1.165, 1.54) is 6.39 Å². The number of nitrogens with zero attached hydrogens (tertiary/aromatic N) is 1. The number of aromatic nitrogens is 1. The fraction of sp³-hybridized carbons (Fsp3) is 0.438. The van der Waals surface area contributed by atoms with E-state index in [4.69, 9.17) is 4.42 Å². The summed E-state index contributed by atoms with van der Waals surface area (Å²) in [5.41, 5.74) is 1.97. The van der Waals surface area contributed by atoms with Crippen molar-refractivity contribution in [3.05, 3.63) is 36.9 Å². The Morgan fingerprint density at radius 1 is 1.30 bits per heavy atom. The van der Waals surface area contributed by atoms with Gasteiger partial charge in [-0.25, -0.2) is 4.98 Å². The van der Waals surface area contributed by atoms with Crippen LogP contribution in [0.15, 0.2) is 41.3 Å². The van der Waals surface area contributed by atoms with E-state index in [0.717, 1.165) is 36.4 Å². The fourth-order valence-electron chi connectivity index (χ4n) is 2.21. The molecule has 0 bridgehead atoms. The molecule has 0 amide bonds. The van der Waals surface area contributed by atoms with Gasteiger partial charge in [-0.15, -0.1) is 0 Å². The summed E-state index contributed by atoms with van der Waals surface area (Å²) in [5.74, 6) is 0.757. The summed E-state index contributed by atoms with van der Waals surface area (Å²) in [6.07, 6.45) is 5.04. The van der Waals surface area contributed by atoms with Crippen molar-refractivity contribution in [2.24, 2.45) is 5.41 Å². The van der Waals surface area contributed by atoms with Gasteiger partial charge in [0.05, 0.1) is 12.8 Å². The molecule has 2 aromatic rings. The Morgan fingerprint density at radius 2 is 2.10 bits per heavy atom. The van der Waals surface area contributed by atoms with Crippen LogP contribution in [0.2, 0.25) is 0 Å². The van der Waals surface area contributed by atoms with Gasteiger partial charge in [0, 0.05) is 23.2 Å². The lowest BCUT2D eigenvalue weighted by atomic mass is 9.83. The Morgan fingerprint density at radius 3 is 2.70 bits per heavy atom. The van der Waals surface area contributed by atoms with Gasteiger partial charge in [0.1, 0.15) is 0 Å². The number of hydrogen-bond acceptors (Lipinski definition) is 4. The van der Waals surface area contributed by atoms with Crippen molar-refractivity contribution in [3.63, 3.8) is 0 Å². The average Bonchev–Trinajstić information content (AvgIpc) is 3.04. The van der Waals surface area contributed by atoms with Crippen molar-refractivity contribution >= 4 is 5.69 Å². The first-order chi connectivity index (χ1) is 9.73. The molecule has 0 unspecified atom stereocenters. The molecule has 1 heterocycles. The van der Waals surface area contributed by atoms with Gasteiger partial charge in [-0.3, -0.25) is 0 Å². The quantitative estimate of drug-likeness (QED) is 0.810. The minimum absolute atomic E-state index is 0.0533.